The number of carbonyl (C=O) groups is 4. The molecule has 1 fully saturated rings. The number of hydrogen-bond donors (Lipinski definition) is 3. The van der Waals surface area contributed by atoms with Gasteiger partial charge in [0.2, 0.25) is 17.7 Å². The topological polar surface area (TPSA) is 117 Å². The molecule has 1 aliphatic heterocycles. The molecule has 1 aliphatic rings. The first kappa shape index (κ1) is 24.5. The molecule has 0 radical (unpaired) electrons. The van der Waals surface area contributed by atoms with Crippen LogP contribution in [0.3, 0.4) is 0 Å². The van der Waals surface area contributed by atoms with Crippen LogP contribution < -0.4 is 25.6 Å². The first-order valence-electron chi connectivity index (χ1n) is 11.4. The zero-order valence-electron chi connectivity index (χ0n) is 19.9. The number of nitrogens with zero attached hydrogens (tertiary/aromatic N) is 1. The molecule has 0 saturated carbocycles. The third kappa shape index (κ3) is 5.69. The monoisotopic (exact) mass is 486 g/mol. The summed E-state index contributed by atoms with van der Waals surface area (Å²) in [5, 5.41) is 8.30. The van der Waals surface area contributed by atoms with Crippen molar-refractivity contribution in [2.24, 2.45) is 5.92 Å². The largest absolute Gasteiger partial charge is 0.497 e. The summed E-state index contributed by atoms with van der Waals surface area (Å²) in [5.74, 6) is -0.984. The maximum atomic E-state index is 13.0. The van der Waals surface area contributed by atoms with Gasteiger partial charge in [-0.05, 0) is 60.7 Å². The smallest absolute Gasteiger partial charge is 0.257 e. The van der Waals surface area contributed by atoms with Gasteiger partial charge in [0, 0.05) is 37.0 Å². The number of methoxy groups -OCH3 is 1. The normalized spacial score (nSPS) is 14.8. The van der Waals surface area contributed by atoms with E-state index in [-0.39, 0.29) is 36.6 Å². The molecule has 9 heteroatoms. The van der Waals surface area contributed by atoms with Crippen molar-refractivity contribution in [1.82, 2.24) is 0 Å². The summed E-state index contributed by atoms with van der Waals surface area (Å²) in [7, 11) is 1.56. The van der Waals surface area contributed by atoms with Crippen LogP contribution in [0.15, 0.2) is 72.8 Å². The molecule has 3 aromatic rings. The van der Waals surface area contributed by atoms with E-state index in [1.165, 1.54) is 6.92 Å². The second-order valence-electron chi connectivity index (χ2n) is 8.35. The minimum absolute atomic E-state index is 0.0551. The van der Waals surface area contributed by atoms with Crippen LogP contribution in [-0.2, 0) is 14.4 Å². The van der Waals surface area contributed by atoms with Gasteiger partial charge in [-0.3, -0.25) is 19.2 Å². The molecule has 0 aromatic heterocycles. The van der Waals surface area contributed by atoms with Crippen LogP contribution in [0.5, 0.6) is 5.75 Å². The molecule has 184 valence electrons. The van der Waals surface area contributed by atoms with Gasteiger partial charge in [-0.2, -0.15) is 0 Å². The average molecular weight is 487 g/mol. The number of carbonyl (C=O) groups excluding carboxylic acids is 4. The van der Waals surface area contributed by atoms with Gasteiger partial charge in [-0.1, -0.05) is 12.1 Å². The van der Waals surface area contributed by atoms with Crippen molar-refractivity contribution in [3.05, 3.63) is 78.4 Å². The fourth-order valence-electron chi connectivity index (χ4n) is 3.96. The molecule has 0 aliphatic carbocycles. The van der Waals surface area contributed by atoms with Gasteiger partial charge in [-0.25, -0.2) is 0 Å². The third-order valence-electron chi connectivity index (χ3n) is 5.77. The van der Waals surface area contributed by atoms with E-state index in [0.29, 0.717) is 34.1 Å². The van der Waals surface area contributed by atoms with Gasteiger partial charge in [0.1, 0.15) is 5.75 Å². The summed E-state index contributed by atoms with van der Waals surface area (Å²) in [6.07, 6.45) is 0.0551. The van der Waals surface area contributed by atoms with Crippen LogP contribution in [0.25, 0.3) is 0 Å². The Hall–Kier alpha value is -4.66. The number of nitrogens with one attached hydrogen (secondary N) is 3. The van der Waals surface area contributed by atoms with E-state index in [1.54, 1.807) is 84.8 Å². The molecule has 1 atom stereocenters. The Bertz CT molecular complexity index is 1290. The molecule has 0 bridgehead atoms. The lowest BCUT2D eigenvalue weighted by Gasteiger charge is -2.18. The summed E-state index contributed by atoms with van der Waals surface area (Å²) < 4.78 is 5.13. The van der Waals surface area contributed by atoms with E-state index < -0.39 is 5.92 Å². The average Bonchev–Trinajstić information content (AvgIpc) is 3.26. The Morgan fingerprint density at radius 1 is 0.861 bits per heavy atom. The number of hydrogen-bond acceptors (Lipinski definition) is 5. The quantitative estimate of drug-likeness (QED) is 0.468. The predicted molar refractivity (Wildman–Crippen MR) is 137 cm³/mol. The van der Waals surface area contributed by atoms with Crippen molar-refractivity contribution in [2.75, 3.05) is 34.5 Å². The van der Waals surface area contributed by atoms with Crippen LogP contribution in [0.4, 0.5) is 22.7 Å². The molecule has 9 nitrogen and oxygen atoms in total. The minimum Gasteiger partial charge on any atom is -0.497 e. The Kier molecular flexibility index (Phi) is 7.29. The van der Waals surface area contributed by atoms with Gasteiger partial charge < -0.3 is 25.6 Å². The highest BCUT2D eigenvalue weighted by Crippen LogP contribution is 2.28. The SMILES string of the molecule is COc1ccc(NC(=O)c2ccccc2NC(=O)C2CC(=O)N(c3ccc(NC(C)=O)cc3)C2)cc1. The van der Waals surface area contributed by atoms with Gasteiger partial charge in [0.05, 0.1) is 24.3 Å². The third-order valence-corrected chi connectivity index (χ3v) is 5.77. The van der Waals surface area contributed by atoms with E-state index in [9.17, 15) is 19.2 Å². The molecule has 1 saturated heterocycles. The van der Waals surface area contributed by atoms with E-state index in [4.69, 9.17) is 4.74 Å². The van der Waals surface area contributed by atoms with E-state index in [0.717, 1.165) is 0 Å². The summed E-state index contributed by atoms with van der Waals surface area (Å²) in [6.45, 7) is 1.63. The Labute approximate surface area is 208 Å². The van der Waals surface area contributed by atoms with E-state index >= 15 is 0 Å². The summed E-state index contributed by atoms with van der Waals surface area (Å²) >= 11 is 0. The number of para-hydroxylation sites is 1. The fraction of sp³-hybridized carbons (Fsp3) is 0.185. The number of rotatable bonds is 7. The van der Waals surface area contributed by atoms with Crippen molar-refractivity contribution < 1.29 is 23.9 Å². The van der Waals surface area contributed by atoms with E-state index in [1.807, 2.05) is 0 Å². The zero-order chi connectivity index (χ0) is 25.7. The first-order chi connectivity index (χ1) is 17.3. The highest BCUT2D eigenvalue weighted by molar-refractivity contribution is 6.11. The van der Waals surface area contributed by atoms with Crippen molar-refractivity contribution in [3.8, 4) is 5.75 Å². The molecule has 4 amide bonds. The fourth-order valence-corrected chi connectivity index (χ4v) is 3.96. The van der Waals surface area contributed by atoms with Crippen molar-refractivity contribution in [2.45, 2.75) is 13.3 Å². The van der Waals surface area contributed by atoms with Gasteiger partial charge in [0.15, 0.2) is 0 Å². The molecular weight excluding hydrogens is 460 g/mol. The maximum Gasteiger partial charge on any atom is 0.257 e. The second-order valence-corrected chi connectivity index (χ2v) is 8.35. The number of ether oxygens (including phenoxy) is 1. The summed E-state index contributed by atoms with van der Waals surface area (Å²) in [6, 6.07) is 20.5. The van der Waals surface area contributed by atoms with Crippen LogP contribution in [0.1, 0.15) is 23.7 Å². The highest BCUT2D eigenvalue weighted by atomic mass is 16.5. The Morgan fingerprint density at radius 2 is 1.50 bits per heavy atom. The van der Waals surface area contributed by atoms with Gasteiger partial charge in [-0.15, -0.1) is 0 Å². The number of anilines is 4. The standard InChI is InChI=1S/C27H26N4O5/c1-17(32)28-19-7-11-21(12-8-19)31-16-18(15-25(31)33)26(34)30-24-6-4-3-5-23(24)27(35)29-20-9-13-22(36-2)14-10-20/h3-14,18H,15-16H2,1-2H3,(H,28,32)(H,29,35)(H,30,34). The molecule has 36 heavy (non-hydrogen) atoms. The van der Waals surface area contributed by atoms with Crippen molar-refractivity contribution >= 4 is 46.4 Å². The van der Waals surface area contributed by atoms with Crippen molar-refractivity contribution in [1.29, 1.82) is 0 Å². The number of amides is 4. The summed E-state index contributed by atoms with van der Waals surface area (Å²) in [5.41, 5.74) is 2.51. The molecule has 4 rings (SSSR count). The molecule has 1 unspecified atom stereocenters. The van der Waals surface area contributed by atoms with Crippen molar-refractivity contribution in [3.63, 3.8) is 0 Å². The molecule has 1 heterocycles. The molecule has 3 aromatic carbocycles. The lowest BCUT2D eigenvalue weighted by atomic mass is 10.1. The minimum atomic E-state index is -0.578. The Balaban J connectivity index is 1.42. The first-order valence-corrected chi connectivity index (χ1v) is 11.4. The van der Waals surface area contributed by atoms with Crippen LogP contribution in [0, 0.1) is 5.92 Å². The van der Waals surface area contributed by atoms with Gasteiger partial charge in [0.25, 0.3) is 5.91 Å². The lowest BCUT2D eigenvalue weighted by Crippen LogP contribution is -2.28. The van der Waals surface area contributed by atoms with Gasteiger partial charge >= 0.3 is 0 Å². The lowest BCUT2D eigenvalue weighted by molar-refractivity contribution is -0.122. The second kappa shape index (κ2) is 10.7. The molecule has 0 spiro atoms. The highest BCUT2D eigenvalue weighted by Gasteiger charge is 2.35. The predicted octanol–water partition coefficient (Wildman–Crippen LogP) is 3.90. The van der Waals surface area contributed by atoms with Crippen LogP contribution in [0.2, 0.25) is 0 Å². The Morgan fingerprint density at radius 3 is 2.17 bits per heavy atom. The van der Waals surface area contributed by atoms with Crippen LogP contribution in [-0.4, -0.2) is 37.3 Å². The van der Waals surface area contributed by atoms with Crippen LogP contribution >= 0.6 is 0 Å². The molecule has 3 N–H and O–H groups in total. The summed E-state index contributed by atoms with van der Waals surface area (Å²) in [4.78, 5) is 51.3. The maximum absolute atomic E-state index is 13.0. The van der Waals surface area contributed by atoms with E-state index in [2.05, 4.69) is 16.0 Å². The molecular formula is C27H26N4O5. The number of benzene rings is 3. The zero-order valence-corrected chi connectivity index (χ0v) is 19.9.